The Morgan fingerprint density at radius 3 is 2.64 bits per heavy atom. The quantitative estimate of drug-likeness (QED) is 0.558. The third-order valence-electron chi connectivity index (χ3n) is 3.33. The first-order valence-corrected chi connectivity index (χ1v) is 6.75. The molecular weight excluding hydrogens is 288 g/mol. The van der Waals surface area contributed by atoms with Gasteiger partial charge in [-0.3, -0.25) is 10.1 Å². The van der Waals surface area contributed by atoms with Crippen molar-refractivity contribution in [1.82, 2.24) is 0 Å². The van der Waals surface area contributed by atoms with E-state index >= 15 is 0 Å². The average molecular weight is 306 g/mol. The lowest BCUT2D eigenvalue weighted by atomic mass is 10.0. The van der Waals surface area contributed by atoms with Gasteiger partial charge in [-0.2, -0.15) is 0 Å². The normalized spacial score (nSPS) is 13.6. The third kappa shape index (κ3) is 3.44. The second-order valence-corrected chi connectivity index (χ2v) is 5.30. The van der Waals surface area contributed by atoms with Crippen LogP contribution in [0.5, 0.6) is 0 Å². The highest BCUT2D eigenvalue weighted by molar-refractivity contribution is 5.63. The van der Waals surface area contributed by atoms with Crippen LogP contribution in [0.1, 0.15) is 24.0 Å². The molecule has 1 unspecified atom stereocenters. The summed E-state index contributed by atoms with van der Waals surface area (Å²) in [7, 11) is 0. The van der Waals surface area contributed by atoms with Gasteiger partial charge in [-0.15, -0.1) is 0 Å². The van der Waals surface area contributed by atoms with Crippen molar-refractivity contribution in [2.24, 2.45) is 0 Å². The van der Waals surface area contributed by atoms with Crippen LogP contribution in [0.3, 0.4) is 0 Å². The summed E-state index contributed by atoms with van der Waals surface area (Å²) >= 11 is 0. The van der Waals surface area contributed by atoms with Gasteiger partial charge >= 0.3 is 0 Å². The van der Waals surface area contributed by atoms with E-state index in [1.54, 1.807) is 26.0 Å². The molecule has 0 radical (unpaired) electrons. The number of nitro groups is 1. The molecule has 2 rings (SSSR count). The van der Waals surface area contributed by atoms with Gasteiger partial charge in [0.05, 0.1) is 18.1 Å². The molecule has 0 aliphatic carbocycles. The first kappa shape index (κ1) is 16.0. The minimum atomic E-state index is -1.32. The molecule has 0 amide bonds. The lowest BCUT2D eigenvalue weighted by Gasteiger charge is -2.22. The molecule has 0 aliphatic rings. The van der Waals surface area contributed by atoms with E-state index in [1.165, 1.54) is 18.2 Å². The van der Waals surface area contributed by atoms with Crippen LogP contribution in [-0.4, -0.2) is 21.7 Å². The van der Waals surface area contributed by atoms with Crippen molar-refractivity contribution in [2.45, 2.75) is 26.1 Å². The van der Waals surface area contributed by atoms with Gasteiger partial charge in [-0.1, -0.05) is 0 Å². The second kappa shape index (κ2) is 6.17. The number of furan rings is 1. The molecule has 1 aromatic carbocycles. The van der Waals surface area contributed by atoms with Crippen LogP contribution in [0.2, 0.25) is 0 Å². The Balaban J connectivity index is 2.21. The molecule has 118 valence electrons. The zero-order chi connectivity index (χ0) is 16.3. The summed E-state index contributed by atoms with van der Waals surface area (Å²) in [5.41, 5.74) is -0.664. The van der Waals surface area contributed by atoms with Crippen molar-refractivity contribution in [3.8, 4) is 0 Å². The number of aliphatic hydroxyl groups excluding tert-OH is 1. The molecule has 1 atom stereocenters. The van der Waals surface area contributed by atoms with E-state index in [0.29, 0.717) is 17.1 Å². The molecule has 1 heterocycles. The summed E-state index contributed by atoms with van der Waals surface area (Å²) in [4.78, 5) is 10.5. The van der Waals surface area contributed by atoms with Crippen LogP contribution in [0.15, 0.2) is 34.7 Å². The number of nitro benzene ring substituents is 1. The van der Waals surface area contributed by atoms with Gasteiger partial charge in [0.15, 0.2) is 0 Å². The van der Waals surface area contributed by atoms with E-state index in [9.17, 15) is 15.2 Å². The van der Waals surface area contributed by atoms with Crippen LogP contribution in [-0.2, 0) is 12.2 Å². The smallest absolute Gasteiger partial charge is 0.292 e. The number of nitrogens with zero attached hydrogens (tertiary/aromatic N) is 1. The maximum absolute atomic E-state index is 11.0. The van der Waals surface area contributed by atoms with Crippen LogP contribution < -0.4 is 5.32 Å². The van der Waals surface area contributed by atoms with Gasteiger partial charge in [0.2, 0.25) is 0 Å². The zero-order valence-corrected chi connectivity index (χ0v) is 12.4. The summed E-state index contributed by atoms with van der Waals surface area (Å²) in [5, 5.41) is 33.5. The summed E-state index contributed by atoms with van der Waals surface area (Å²) in [5.74, 6) is 1.04. The molecule has 7 nitrogen and oxygen atoms in total. The summed E-state index contributed by atoms with van der Waals surface area (Å²) < 4.78 is 5.40. The fourth-order valence-electron chi connectivity index (χ4n) is 2.06. The lowest BCUT2D eigenvalue weighted by molar-refractivity contribution is -0.384. The molecule has 2 aromatic rings. The molecule has 0 bridgehead atoms. The van der Waals surface area contributed by atoms with E-state index in [1.807, 2.05) is 0 Å². The van der Waals surface area contributed by atoms with Crippen LogP contribution in [0, 0.1) is 17.0 Å². The molecule has 0 fully saturated rings. The van der Waals surface area contributed by atoms with Gasteiger partial charge in [-0.25, -0.2) is 0 Å². The van der Waals surface area contributed by atoms with Crippen LogP contribution in [0.4, 0.5) is 11.4 Å². The third-order valence-corrected chi connectivity index (χ3v) is 3.33. The highest BCUT2D eigenvalue weighted by atomic mass is 16.6. The molecule has 7 heteroatoms. The van der Waals surface area contributed by atoms with Crippen molar-refractivity contribution in [1.29, 1.82) is 0 Å². The summed E-state index contributed by atoms with van der Waals surface area (Å²) in [6.45, 7) is 3.12. The van der Waals surface area contributed by atoms with Crippen LogP contribution >= 0.6 is 0 Å². The average Bonchev–Trinajstić information content (AvgIpc) is 2.92. The number of aliphatic hydroxyl groups is 2. The number of benzene rings is 1. The second-order valence-electron chi connectivity index (χ2n) is 5.30. The summed E-state index contributed by atoms with van der Waals surface area (Å²) in [6.07, 6.45) is 0. The Morgan fingerprint density at radius 1 is 1.36 bits per heavy atom. The largest absolute Gasteiger partial charge is 0.463 e. The minimum absolute atomic E-state index is 0.0235. The minimum Gasteiger partial charge on any atom is -0.463 e. The van der Waals surface area contributed by atoms with Crippen molar-refractivity contribution < 1.29 is 19.6 Å². The predicted octanol–water partition coefficient (Wildman–Crippen LogP) is 2.31. The highest BCUT2D eigenvalue weighted by Crippen LogP contribution is 2.28. The van der Waals surface area contributed by atoms with Gasteiger partial charge in [0.25, 0.3) is 5.69 Å². The monoisotopic (exact) mass is 306 g/mol. The highest BCUT2D eigenvalue weighted by Gasteiger charge is 2.27. The number of hydrogen-bond donors (Lipinski definition) is 3. The Labute approximate surface area is 127 Å². The molecule has 1 aromatic heterocycles. The number of hydrogen-bond acceptors (Lipinski definition) is 6. The molecule has 3 N–H and O–H groups in total. The van der Waals surface area contributed by atoms with E-state index in [2.05, 4.69) is 5.32 Å². The molecular formula is C15H18N2O5. The Bertz CT molecular complexity index is 678. The molecule has 22 heavy (non-hydrogen) atoms. The van der Waals surface area contributed by atoms with Crippen molar-refractivity contribution in [3.63, 3.8) is 0 Å². The number of anilines is 1. The molecule has 0 saturated heterocycles. The predicted molar refractivity (Wildman–Crippen MR) is 80.5 cm³/mol. The molecule has 0 aliphatic heterocycles. The number of rotatable bonds is 6. The fourth-order valence-corrected chi connectivity index (χ4v) is 2.06. The zero-order valence-electron chi connectivity index (χ0n) is 12.4. The van der Waals surface area contributed by atoms with Crippen molar-refractivity contribution in [3.05, 3.63) is 57.5 Å². The van der Waals surface area contributed by atoms with Gasteiger partial charge in [-0.05, 0) is 43.7 Å². The van der Waals surface area contributed by atoms with Crippen LogP contribution in [0.25, 0.3) is 0 Å². The topological polar surface area (TPSA) is 109 Å². The van der Waals surface area contributed by atoms with Gasteiger partial charge < -0.3 is 19.9 Å². The lowest BCUT2D eigenvalue weighted by Crippen LogP contribution is -2.30. The van der Waals surface area contributed by atoms with Crippen molar-refractivity contribution in [2.75, 3.05) is 11.9 Å². The van der Waals surface area contributed by atoms with E-state index < -0.39 is 10.5 Å². The van der Waals surface area contributed by atoms with Gasteiger partial charge in [0.1, 0.15) is 22.8 Å². The first-order valence-electron chi connectivity index (χ1n) is 6.75. The van der Waals surface area contributed by atoms with E-state index in [4.69, 9.17) is 9.52 Å². The maximum atomic E-state index is 11.0. The number of aryl methyl sites for hydroxylation is 1. The van der Waals surface area contributed by atoms with E-state index in [0.717, 1.165) is 0 Å². The molecule has 0 spiro atoms. The van der Waals surface area contributed by atoms with Gasteiger partial charge in [0, 0.05) is 6.07 Å². The first-order chi connectivity index (χ1) is 10.3. The maximum Gasteiger partial charge on any atom is 0.292 e. The van der Waals surface area contributed by atoms with Crippen molar-refractivity contribution >= 4 is 11.4 Å². The standard InChI is InChI=1S/C15H18N2O5/c1-10-3-6-14(22-10)15(2,19)9-16-12-7-11(8-18)4-5-13(12)17(20)21/h3-7,16,18-19H,8-9H2,1-2H3. The Kier molecular flexibility index (Phi) is 4.48. The SMILES string of the molecule is Cc1ccc(C(C)(O)CNc2cc(CO)ccc2[N+](=O)[O-])o1. The Morgan fingerprint density at radius 2 is 2.09 bits per heavy atom. The van der Waals surface area contributed by atoms with E-state index in [-0.39, 0.29) is 24.5 Å². The Hall–Kier alpha value is -2.38. The molecule has 0 saturated carbocycles. The fraction of sp³-hybridized carbons (Fsp3) is 0.333. The number of nitrogens with one attached hydrogen (secondary N) is 1. The summed E-state index contributed by atoms with van der Waals surface area (Å²) in [6, 6.07) is 7.69.